The van der Waals surface area contributed by atoms with Crippen molar-refractivity contribution in [2.45, 2.75) is 31.7 Å². The molecule has 1 heterocycles. The highest BCUT2D eigenvalue weighted by Gasteiger charge is 2.26. The lowest BCUT2D eigenvalue weighted by atomic mass is 9.97. The average molecular weight is 231 g/mol. The van der Waals surface area contributed by atoms with Gasteiger partial charge in [0, 0.05) is 38.1 Å². The SMILES string of the molecule is COC(CC(C)(O)Cc1cncs1)OC. The van der Waals surface area contributed by atoms with Crippen LogP contribution in [-0.4, -0.2) is 36.2 Å². The first kappa shape index (κ1) is 12.6. The van der Waals surface area contributed by atoms with Crippen molar-refractivity contribution in [1.82, 2.24) is 4.98 Å². The summed E-state index contributed by atoms with van der Waals surface area (Å²) in [5, 5.41) is 10.1. The van der Waals surface area contributed by atoms with Gasteiger partial charge in [-0.1, -0.05) is 0 Å². The second kappa shape index (κ2) is 5.55. The summed E-state index contributed by atoms with van der Waals surface area (Å²) >= 11 is 1.54. The molecule has 0 radical (unpaired) electrons. The van der Waals surface area contributed by atoms with Crippen molar-refractivity contribution < 1.29 is 14.6 Å². The van der Waals surface area contributed by atoms with E-state index >= 15 is 0 Å². The third kappa shape index (κ3) is 4.25. The summed E-state index contributed by atoms with van der Waals surface area (Å²) in [6.45, 7) is 1.78. The number of hydrogen-bond donors (Lipinski definition) is 1. The third-order valence-corrected chi connectivity index (χ3v) is 2.95. The molecule has 1 aromatic heterocycles. The molecule has 15 heavy (non-hydrogen) atoms. The van der Waals surface area contributed by atoms with Gasteiger partial charge in [0.1, 0.15) is 0 Å². The van der Waals surface area contributed by atoms with E-state index < -0.39 is 5.60 Å². The van der Waals surface area contributed by atoms with E-state index in [1.54, 1.807) is 32.9 Å². The van der Waals surface area contributed by atoms with Crippen molar-refractivity contribution in [3.8, 4) is 0 Å². The maximum absolute atomic E-state index is 10.1. The van der Waals surface area contributed by atoms with E-state index in [1.165, 1.54) is 11.3 Å². The van der Waals surface area contributed by atoms with Crippen LogP contribution in [0.5, 0.6) is 0 Å². The van der Waals surface area contributed by atoms with Gasteiger partial charge < -0.3 is 14.6 Å². The molecule has 4 nitrogen and oxygen atoms in total. The van der Waals surface area contributed by atoms with Crippen LogP contribution in [0.1, 0.15) is 18.2 Å². The molecule has 0 aliphatic carbocycles. The van der Waals surface area contributed by atoms with Crippen molar-refractivity contribution in [2.24, 2.45) is 0 Å². The van der Waals surface area contributed by atoms with Crippen LogP contribution in [0, 0.1) is 0 Å². The van der Waals surface area contributed by atoms with E-state index in [2.05, 4.69) is 4.98 Å². The van der Waals surface area contributed by atoms with Gasteiger partial charge in [0.2, 0.25) is 0 Å². The molecule has 0 aliphatic rings. The Hall–Kier alpha value is -0.490. The Bertz CT molecular complexity index is 270. The quantitative estimate of drug-likeness (QED) is 0.753. The van der Waals surface area contributed by atoms with E-state index in [9.17, 15) is 5.11 Å². The second-order valence-electron chi connectivity index (χ2n) is 3.75. The van der Waals surface area contributed by atoms with Gasteiger partial charge in [0.05, 0.1) is 11.1 Å². The monoisotopic (exact) mass is 231 g/mol. The molecule has 0 aromatic carbocycles. The lowest BCUT2D eigenvalue weighted by Gasteiger charge is -2.26. The molecule has 1 rings (SSSR count). The van der Waals surface area contributed by atoms with Crippen molar-refractivity contribution in [2.75, 3.05) is 14.2 Å². The summed E-state index contributed by atoms with van der Waals surface area (Å²) in [4.78, 5) is 5.03. The number of ether oxygens (including phenoxy) is 2. The van der Waals surface area contributed by atoms with Crippen LogP contribution < -0.4 is 0 Å². The Morgan fingerprint density at radius 3 is 2.67 bits per heavy atom. The van der Waals surface area contributed by atoms with Gasteiger partial charge in [-0.2, -0.15) is 0 Å². The Morgan fingerprint density at radius 2 is 2.20 bits per heavy atom. The van der Waals surface area contributed by atoms with Gasteiger partial charge in [-0.05, 0) is 6.92 Å². The lowest BCUT2D eigenvalue weighted by molar-refractivity contribution is -0.139. The Labute approximate surface area is 93.9 Å². The van der Waals surface area contributed by atoms with E-state index in [1.807, 2.05) is 0 Å². The largest absolute Gasteiger partial charge is 0.390 e. The minimum absolute atomic E-state index is 0.368. The lowest BCUT2D eigenvalue weighted by Crippen LogP contribution is -2.33. The zero-order valence-corrected chi connectivity index (χ0v) is 10.1. The molecule has 86 valence electrons. The first-order valence-corrected chi connectivity index (χ1v) is 5.60. The second-order valence-corrected chi connectivity index (χ2v) is 4.72. The summed E-state index contributed by atoms with van der Waals surface area (Å²) in [6.07, 6.45) is 2.42. The normalized spacial score (nSPS) is 15.5. The van der Waals surface area contributed by atoms with Gasteiger partial charge in [-0.3, -0.25) is 4.98 Å². The molecule has 1 unspecified atom stereocenters. The number of aliphatic hydroxyl groups is 1. The summed E-state index contributed by atoms with van der Waals surface area (Å²) in [5.74, 6) is 0. The van der Waals surface area contributed by atoms with Crippen LogP contribution in [0.2, 0.25) is 0 Å². The summed E-state index contributed by atoms with van der Waals surface area (Å²) in [7, 11) is 3.13. The zero-order chi connectivity index (χ0) is 11.3. The van der Waals surface area contributed by atoms with Gasteiger partial charge in [0.15, 0.2) is 6.29 Å². The van der Waals surface area contributed by atoms with Crippen LogP contribution in [-0.2, 0) is 15.9 Å². The molecule has 0 saturated heterocycles. The van der Waals surface area contributed by atoms with Crippen LogP contribution in [0.25, 0.3) is 0 Å². The first-order chi connectivity index (χ1) is 7.07. The summed E-state index contributed by atoms with van der Waals surface area (Å²) in [6, 6.07) is 0. The molecule has 0 amide bonds. The predicted molar refractivity (Wildman–Crippen MR) is 58.9 cm³/mol. The Kier molecular flexibility index (Phi) is 4.66. The maximum Gasteiger partial charge on any atom is 0.159 e. The van der Waals surface area contributed by atoms with Crippen molar-refractivity contribution in [1.29, 1.82) is 0 Å². The highest BCUT2D eigenvalue weighted by atomic mass is 32.1. The van der Waals surface area contributed by atoms with E-state index in [0.717, 1.165) is 4.88 Å². The van der Waals surface area contributed by atoms with Gasteiger partial charge in [0.25, 0.3) is 0 Å². The molecule has 0 saturated carbocycles. The van der Waals surface area contributed by atoms with Crippen molar-refractivity contribution in [3.63, 3.8) is 0 Å². The molecule has 0 aliphatic heterocycles. The average Bonchev–Trinajstić information content (AvgIpc) is 2.66. The number of thiazole rings is 1. The predicted octanol–water partition coefficient (Wildman–Crippen LogP) is 1.45. The molecular weight excluding hydrogens is 214 g/mol. The summed E-state index contributed by atoms with van der Waals surface area (Å²) < 4.78 is 10.1. The first-order valence-electron chi connectivity index (χ1n) is 4.73. The minimum Gasteiger partial charge on any atom is -0.390 e. The fraction of sp³-hybridized carbons (Fsp3) is 0.700. The van der Waals surface area contributed by atoms with Crippen molar-refractivity contribution >= 4 is 11.3 Å². The number of aromatic nitrogens is 1. The summed E-state index contributed by atoms with van der Waals surface area (Å²) in [5.41, 5.74) is 0.929. The molecule has 1 N–H and O–H groups in total. The fourth-order valence-corrected chi connectivity index (χ4v) is 2.17. The molecule has 5 heteroatoms. The van der Waals surface area contributed by atoms with E-state index in [-0.39, 0.29) is 6.29 Å². The van der Waals surface area contributed by atoms with Gasteiger partial charge >= 0.3 is 0 Å². The fourth-order valence-electron chi connectivity index (χ4n) is 1.40. The van der Waals surface area contributed by atoms with Gasteiger partial charge in [-0.25, -0.2) is 0 Å². The molecule has 1 aromatic rings. The van der Waals surface area contributed by atoms with Crippen molar-refractivity contribution in [3.05, 3.63) is 16.6 Å². The van der Waals surface area contributed by atoms with Crippen LogP contribution >= 0.6 is 11.3 Å². The van der Waals surface area contributed by atoms with Crippen LogP contribution in [0.4, 0.5) is 0 Å². The topological polar surface area (TPSA) is 51.6 Å². The highest BCUT2D eigenvalue weighted by molar-refractivity contribution is 7.09. The Balaban J connectivity index is 2.51. The standard InChI is InChI=1S/C10H17NO3S/c1-10(12,5-9(13-2)14-3)4-8-6-11-7-15-8/h6-7,9,12H,4-5H2,1-3H3. The molecule has 1 atom stereocenters. The smallest absolute Gasteiger partial charge is 0.159 e. The van der Waals surface area contributed by atoms with Gasteiger partial charge in [-0.15, -0.1) is 11.3 Å². The molecule has 0 fully saturated rings. The van der Waals surface area contributed by atoms with Crippen LogP contribution in [0.3, 0.4) is 0 Å². The number of nitrogens with zero attached hydrogens (tertiary/aromatic N) is 1. The van der Waals surface area contributed by atoms with Crippen LogP contribution in [0.15, 0.2) is 11.7 Å². The van der Waals surface area contributed by atoms with E-state index in [4.69, 9.17) is 9.47 Å². The Morgan fingerprint density at radius 1 is 1.53 bits per heavy atom. The minimum atomic E-state index is -0.830. The maximum atomic E-state index is 10.1. The zero-order valence-electron chi connectivity index (χ0n) is 9.27. The number of rotatable bonds is 6. The molecular formula is C10H17NO3S. The highest BCUT2D eigenvalue weighted by Crippen LogP contribution is 2.21. The molecule has 0 spiro atoms. The van der Waals surface area contributed by atoms with E-state index in [0.29, 0.717) is 12.8 Å². The number of hydrogen-bond acceptors (Lipinski definition) is 5. The third-order valence-electron chi connectivity index (χ3n) is 2.17. The number of methoxy groups -OCH3 is 2. The molecule has 0 bridgehead atoms.